The Morgan fingerprint density at radius 2 is 2.00 bits per heavy atom. The van der Waals surface area contributed by atoms with Gasteiger partial charge in [-0.05, 0) is 29.1 Å². The first-order chi connectivity index (χ1) is 7.81. The zero-order chi connectivity index (χ0) is 11.4. The van der Waals surface area contributed by atoms with Crippen LogP contribution in [0.4, 0.5) is 5.69 Å². The summed E-state index contributed by atoms with van der Waals surface area (Å²) in [5, 5.41) is 14.5. The number of anilines is 1. The average Bonchev–Trinajstić information content (AvgIpc) is 2.83. The van der Waals surface area contributed by atoms with Crippen molar-refractivity contribution < 1.29 is 9.90 Å². The molecule has 1 amide bonds. The fourth-order valence-electron chi connectivity index (χ4n) is 1.44. The molecule has 0 radical (unpaired) electrons. The maximum absolute atomic E-state index is 10.2. The van der Waals surface area contributed by atoms with E-state index < -0.39 is 6.10 Å². The molecular weight excluding hydrogens is 222 g/mol. The van der Waals surface area contributed by atoms with E-state index in [9.17, 15) is 9.90 Å². The van der Waals surface area contributed by atoms with Gasteiger partial charge in [-0.15, -0.1) is 11.3 Å². The monoisotopic (exact) mass is 233 g/mol. The molecule has 0 aliphatic heterocycles. The van der Waals surface area contributed by atoms with Crippen molar-refractivity contribution in [2.24, 2.45) is 0 Å². The molecular formula is C12H11NO2S. The van der Waals surface area contributed by atoms with Crippen molar-refractivity contribution in [1.82, 2.24) is 0 Å². The number of aliphatic hydroxyl groups is 1. The van der Waals surface area contributed by atoms with E-state index in [2.05, 4.69) is 5.32 Å². The van der Waals surface area contributed by atoms with Gasteiger partial charge in [0.25, 0.3) is 0 Å². The minimum absolute atomic E-state index is 0.592. The molecule has 0 spiro atoms. The van der Waals surface area contributed by atoms with Crippen LogP contribution in [0.3, 0.4) is 0 Å². The summed E-state index contributed by atoms with van der Waals surface area (Å²) in [7, 11) is 0. The molecule has 0 aliphatic rings. The van der Waals surface area contributed by atoms with Crippen LogP contribution < -0.4 is 5.32 Å². The van der Waals surface area contributed by atoms with Crippen molar-refractivity contribution in [3.63, 3.8) is 0 Å². The Morgan fingerprint density at radius 3 is 2.56 bits per heavy atom. The lowest BCUT2D eigenvalue weighted by molar-refractivity contribution is -0.105. The summed E-state index contributed by atoms with van der Waals surface area (Å²) in [5.74, 6) is 0. The number of rotatable bonds is 4. The SMILES string of the molecule is O=CNc1ccc(C(O)c2cccs2)cc1. The molecule has 1 heterocycles. The molecule has 3 nitrogen and oxygen atoms in total. The van der Waals surface area contributed by atoms with Gasteiger partial charge in [0, 0.05) is 10.6 Å². The summed E-state index contributed by atoms with van der Waals surface area (Å²) < 4.78 is 0. The molecule has 0 fully saturated rings. The van der Waals surface area contributed by atoms with E-state index in [0.717, 1.165) is 16.1 Å². The van der Waals surface area contributed by atoms with Gasteiger partial charge in [-0.25, -0.2) is 0 Å². The van der Waals surface area contributed by atoms with Crippen LogP contribution in [0.15, 0.2) is 41.8 Å². The second-order valence-electron chi connectivity index (χ2n) is 3.30. The smallest absolute Gasteiger partial charge is 0.211 e. The van der Waals surface area contributed by atoms with E-state index >= 15 is 0 Å². The van der Waals surface area contributed by atoms with E-state index in [-0.39, 0.29) is 0 Å². The quantitative estimate of drug-likeness (QED) is 0.797. The lowest BCUT2D eigenvalue weighted by atomic mass is 10.1. The molecule has 1 atom stereocenters. The normalized spacial score (nSPS) is 12.1. The fourth-order valence-corrected chi connectivity index (χ4v) is 2.18. The molecule has 16 heavy (non-hydrogen) atoms. The molecule has 82 valence electrons. The van der Waals surface area contributed by atoms with Crippen molar-refractivity contribution in [3.8, 4) is 0 Å². The number of carbonyl (C=O) groups is 1. The first-order valence-corrected chi connectivity index (χ1v) is 5.71. The zero-order valence-corrected chi connectivity index (χ0v) is 9.28. The van der Waals surface area contributed by atoms with Gasteiger partial charge < -0.3 is 10.4 Å². The minimum atomic E-state index is -0.592. The molecule has 0 aliphatic carbocycles. The predicted octanol–water partition coefficient (Wildman–Crippen LogP) is 2.40. The van der Waals surface area contributed by atoms with Crippen LogP contribution in [0.25, 0.3) is 0 Å². The standard InChI is InChI=1S/C12H11NO2S/c14-8-13-10-5-3-9(4-6-10)12(15)11-2-1-7-16-11/h1-8,12,15H,(H,13,14). The van der Waals surface area contributed by atoms with Gasteiger partial charge >= 0.3 is 0 Å². The Morgan fingerprint density at radius 1 is 1.25 bits per heavy atom. The minimum Gasteiger partial charge on any atom is -0.383 e. The number of hydrogen-bond donors (Lipinski definition) is 2. The van der Waals surface area contributed by atoms with Crippen LogP contribution in [0.1, 0.15) is 16.5 Å². The molecule has 1 aromatic carbocycles. The predicted molar refractivity (Wildman–Crippen MR) is 64.5 cm³/mol. The topological polar surface area (TPSA) is 49.3 Å². The number of nitrogens with one attached hydrogen (secondary N) is 1. The third-order valence-electron chi connectivity index (χ3n) is 2.26. The summed E-state index contributed by atoms with van der Waals surface area (Å²) in [6.45, 7) is 0. The van der Waals surface area contributed by atoms with Crippen molar-refractivity contribution in [2.45, 2.75) is 6.10 Å². The van der Waals surface area contributed by atoms with E-state index in [1.165, 1.54) is 11.3 Å². The van der Waals surface area contributed by atoms with E-state index in [1.54, 1.807) is 24.3 Å². The van der Waals surface area contributed by atoms with E-state index in [4.69, 9.17) is 0 Å². The Kier molecular flexibility index (Phi) is 3.34. The van der Waals surface area contributed by atoms with Crippen LogP contribution in [0.5, 0.6) is 0 Å². The Bertz CT molecular complexity index is 450. The van der Waals surface area contributed by atoms with E-state index in [0.29, 0.717) is 6.41 Å². The molecule has 2 N–H and O–H groups in total. The van der Waals surface area contributed by atoms with Gasteiger partial charge in [0.05, 0.1) is 0 Å². The third-order valence-corrected chi connectivity index (χ3v) is 3.19. The fraction of sp³-hybridized carbons (Fsp3) is 0.0833. The van der Waals surface area contributed by atoms with Crippen molar-refractivity contribution in [1.29, 1.82) is 0 Å². The maximum Gasteiger partial charge on any atom is 0.211 e. The van der Waals surface area contributed by atoms with Gasteiger partial charge in [-0.1, -0.05) is 18.2 Å². The molecule has 4 heteroatoms. The molecule has 0 saturated heterocycles. The van der Waals surface area contributed by atoms with Gasteiger partial charge in [-0.2, -0.15) is 0 Å². The summed E-state index contributed by atoms with van der Waals surface area (Å²) in [5.41, 5.74) is 1.54. The highest BCUT2D eigenvalue weighted by atomic mass is 32.1. The Hall–Kier alpha value is -1.65. The third kappa shape index (κ3) is 2.29. The van der Waals surface area contributed by atoms with Crippen molar-refractivity contribution in [3.05, 3.63) is 52.2 Å². The molecule has 2 rings (SSSR count). The van der Waals surface area contributed by atoms with Crippen LogP contribution >= 0.6 is 11.3 Å². The summed E-state index contributed by atoms with van der Waals surface area (Å²) in [6.07, 6.45) is 0.0373. The summed E-state index contributed by atoms with van der Waals surface area (Å²) >= 11 is 1.52. The molecule has 1 unspecified atom stereocenters. The van der Waals surface area contributed by atoms with Crippen LogP contribution in [0, 0.1) is 0 Å². The van der Waals surface area contributed by atoms with Crippen molar-refractivity contribution in [2.75, 3.05) is 5.32 Å². The van der Waals surface area contributed by atoms with Crippen LogP contribution in [0.2, 0.25) is 0 Å². The van der Waals surface area contributed by atoms with Gasteiger partial charge in [-0.3, -0.25) is 4.79 Å². The lowest BCUT2D eigenvalue weighted by Gasteiger charge is -2.09. The van der Waals surface area contributed by atoms with E-state index in [1.807, 2.05) is 17.5 Å². The molecule has 1 aromatic heterocycles. The number of aliphatic hydroxyl groups excluding tert-OH is 1. The van der Waals surface area contributed by atoms with Gasteiger partial charge in [0.2, 0.25) is 6.41 Å². The summed E-state index contributed by atoms with van der Waals surface area (Å²) in [4.78, 5) is 11.1. The largest absolute Gasteiger partial charge is 0.383 e. The second kappa shape index (κ2) is 4.92. The number of thiophene rings is 1. The zero-order valence-electron chi connectivity index (χ0n) is 8.46. The summed E-state index contributed by atoms with van der Waals surface area (Å²) in [6, 6.07) is 10.9. The highest BCUT2D eigenvalue weighted by Gasteiger charge is 2.10. The Balaban J connectivity index is 2.18. The van der Waals surface area contributed by atoms with Crippen LogP contribution in [-0.2, 0) is 4.79 Å². The first-order valence-electron chi connectivity index (χ1n) is 4.83. The molecule has 2 aromatic rings. The van der Waals surface area contributed by atoms with Crippen LogP contribution in [-0.4, -0.2) is 11.5 Å². The lowest BCUT2D eigenvalue weighted by Crippen LogP contribution is -1.98. The number of hydrogen-bond acceptors (Lipinski definition) is 3. The second-order valence-corrected chi connectivity index (χ2v) is 4.28. The molecule has 0 bridgehead atoms. The number of benzene rings is 1. The van der Waals surface area contributed by atoms with Gasteiger partial charge in [0.1, 0.15) is 6.10 Å². The highest BCUT2D eigenvalue weighted by Crippen LogP contribution is 2.26. The van der Waals surface area contributed by atoms with Gasteiger partial charge in [0.15, 0.2) is 0 Å². The average molecular weight is 233 g/mol. The van der Waals surface area contributed by atoms with Crippen molar-refractivity contribution >= 4 is 23.4 Å². The Labute approximate surface area is 97.4 Å². The highest BCUT2D eigenvalue weighted by molar-refractivity contribution is 7.10. The maximum atomic E-state index is 10.2. The molecule has 0 saturated carbocycles. The first kappa shape index (κ1) is 10.9. The number of carbonyl (C=O) groups excluding carboxylic acids is 1. The number of amides is 1.